The van der Waals surface area contributed by atoms with Crippen molar-refractivity contribution in [1.82, 2.24) is 4.90 Å². The van der Waals surface area contributed by atoms with Gasteiger partial charge in [-0.2, -0.15) is 0 Å². The van der Waals surface area contributed by atoms with E-state index in [4.69, 9.17) is 9.47 Å². The van der Waals surface area contributed by atoms with Crippen molar-refractivity contribution in [2.45, 2.75) is 19.8 Å². The fourth-order valence-corrected chi connectivity index (χ4v) is 3.17. The van der Waals surface area contributed by atoms with Crippen LogP contribution in [0.1, 0.15) is 25.3 Å². The molecule has 1 aromatic carbocycles. The zero-order valence-electron chi connectivity index (χ0n) is 13.3. The maximum Gasteiger partial charge on any atom is 0.168 e. The highest BCUT2D eigenvalue weighted by atomic mass is 79.9. The Morgan fingerprint density at radius 1 is 1.32 bits per heavy atom. The van der Waals surface area contributed by atoms with Crippen LogP contribution >= 0.6 is 15.9 Å². The van der Waals surface area contributed by atoms with Crippen molar-refractivity contribution in [3.05, 3.63) is 27.7 Å². The number of rotatable bonds is 5. The molecule has 0 radical (unpaired) electrons. The summed E-state index contributed by atoms with van der Waals surface area (Å²) in [7, 11) is 3.22. The molecule has 0 saturated carbocycles. The molecule has 4 nitrogen and oxygen atoms in total. The molecule has 0 unspecified atom stereocenters. The number of methoxy groups -OCH3 is 2. The smallest absolute Gasteiger partial charge is 0.168 e. The maximum atomic E-state index is 12.2. The van der Waals surface area contributed by atoms with Crippen molar-refractivity contribution in [1.29, 1.82) is 0 Å². The van der Waals surface area contributed by atoms with E-state index in [0.29, 0.717) is 24.5 Å². The Bertz CT molecular complexity index is 584. The van der Waals surface area contributed by atoms with Gasteiger partial charge in [-0.25, -0.2) is 0 Å². The van der Waals surface area contributed by atoms with Gasteiger partial charge in [0.1, 0.15) is 0 Å². The lowest BCUT2D eigenvalue weighted by Gasteiger charge is -2.27. The summed E-state index contributed by atoms with van der Waals surface area (Å²) in [4.78, 5) is 14.5. The Labute approximate surface area is 140 Å². The van der Waals surface area contributed by atoms with Crippen molar-refractivity contribution in [3.63, 3.8) is 0 Å². The van der Waals surface area contributed by atoms with Gasteiger partial charge in [-0.3, -0.25) is 9.69 Å². The van der Waals surface area contributed by atoms with Gasteiger partial charge >= 0.3 is 0 Å². The monoisotopic (exact) mass is 367 g/mol. The van der Waals surface area contributed by atoms with Crippen LogP contribution in [0.15, 0.2) is 22.2 Å². The number of benzene rings is 1. The molecule has 0 amide bonds. The second-order valence-corrected chi connectivity index (χ2v) is 6.27. The third-order valence-corrected chi connectivity index (χ3v) is 4.21. The number of carbonyl (C=O) groups excluding carboxylic acids is 1. The molecule has 0 bridgehead atoms. The minimum atomic E-state index is 0.216. The highest BCUT2D eigenvalue weighted by Gasteiger charge is 2.21. The first-order chi connectivity index (χ1) is 10.6. The van der Waals surface area contributed by atoms with Crippen LogP contribution in [-0.4, -0.2) is 44.5 Å². The predicted molar refractivity (Wildman–Crippen MR) is 91.6 cm³/mol. The molecule has 0 N–H and O–H groups in total. The first kappa shape index (κ1) is 17.0. The maximum absolute atomic E-state index is 12.2. The number of ketones is 1. The van der Waals surface area contributed by atoms with Gasteiger partial charge in [0.25, 0.3) is 0 Å². The molecule has 120 valence electrons. The van der Waals surface area contributed by atoms with Crippen LogP contribution in [0.25, 0.3) is 6.08 Å². The van der Waals surface area contributed by atoms with Crippen LogP contribution in [0.4, 0.5) is 0 Å². The fraction of sp³-hybridized carbons (Fsp3) is 0.471. The molecule has 0 spiro atoms. The Hall–Kier alpha value is -1.33. The first-order valence-electron chi connectivity index (χ1n) is 7.46. The van der Waals surface area contributed by atoms with Crippen LogP contribution in [-0.2, 0) is 4.79 Å². The van der Waals surface area contributed by atoms with Crippen LogP contribution < -0.4 is 9.47 Å². The van der Waals surface area contributed by atoms with Crippen molar-refractivity contribution in [2.75, 3.05) is 33.9 Å². The SMILES string of the molecule is CCCN1CCC(=O)/C(=C/c2cc(Br)cc(OC)c2OC)C1. The summed E-state index contributed by atoms with van der Waals surface area (Å²) in [5.74, 6) is 1.52. The van der Waals surface area contributed by atoms with Crippen molar-refractivity contribution < 1.29 is 14.3 Å². The molecular weight excluding hydrogens is 346 g/mol. The highest BCUT2D eigenvalue weighted by molar-refractivity contribution is 9.10. The number of ether oxygens (including phenoxy) is 2. The van der Waals surface area contributed by atoms with Gasteiger partial charge in [-0.1, -0.05) is 22.9 Å². The van der Waals surface area contributed by atoms with Gasteiger partial charge in [0.15, 0.2) is 17.3 Å². The average molecular weight is 368 g/mol. The standard InChI is InChI=1S/C17H22BrNO3/c1-4-6-19-7-5-15(20)13(11-19)8-12-9-14(18)10-16(21-2)17(12)22-3/h8-10H,4-7,11H2,1-3H3/b13-8+. The number of halogens is 1. The fourth-order valence-electron chi connectivity index (χ4n) is 2.72. The van der Waals surface area contributed by atoms with Gasteiger partial charge < -0.3 is 9.47 Å². The molecule has 1 heterocycles. The minimum Gasteiger partial charge on any atom is -0.493 e. The van der Waals surface area contributed by atoms with Gasteiger partial charge in [0.05, 0.1) is 14.2 Å². The van der Waals surface area contributed by atoms with Crippen LogP contribution in [0.2, 0.25) is 0 Å². The molecule has 1 aliphatic rings. The first-order valence-corrected chi connectivity index (χ1v) is 8.26. The van der Waals surface area contributed by atoms with Gasteiger partial charge in [0.2, 0.25) is 0 Å². The summed E-state index contributed by atoms with van der Waals surface area (Å²) in [6.45, 7) is 4.72. The molecule has 1 saturated heterocycles. The third kappa shape index (κ3) is 3.90. The Kier molecular flexibility index (Phi) is 6.03. The summed E-state index contributed by atoms with van der Waals surface area (Å²) in [5.41, 5.74) is 1.69. The number of hydrogen-bond donors (Lipinski definition) is 0. The Balaban J connectivity index is 2.38. The van der Waals surface area contributed by atoms with E-state index in [-0.39, 0.29) is 5.78 Å². The van der Waals surface area contributed by atoms with Crippen LogP contribution in [0, 0.1) is 0 Å². The van der Waals surface area contributed by atoms with Crippen molar-refractivity contribution in [2.24, 2.45) is 0 Å². The van der Waals surface area contributed by atoms with E-state index < -0.39 is 0 Å². The normalized spacial score (nSPS) is 17.8. The number of carbonyl (C=O) groups is 1. The molecule has 2 rings (SSSR count). The molecule has 5 heteroatoms. The van der Waals surface area contributed by atoms with E-state index in [1.807, 2.05) is 18.2 Å². The summed E-state index contributed by atoms with van der Waals surface area (Å²) < 4.78 is 11.7. The number of piperidine rings is 1. The molecule has 1 aromatic rings. The van der Waals surface area contributed by atoms with Crippen molar-refractivity contribution in [3.8, 4) is 11.5 Å². The number of Topliss-reactive ketones (excluding diaryl/α,β-unsaturated/α-hetero) is 1. The largest absolute Gasteiger partial charge is 0.493 e. The summed E-state index contributed by atoms with van der Waals surface area (Å²) >= 11 is 3.47. The highest BCUT2D eigenvalue weighted by Crippen LogP contribution is 2.36. The summed E-state index contributed by atoms with van der Waals surface area (Å²) in [6, 6.07) is 3.80. The van der Waals surface area contributed by atoms with E-state index in [1.165, 1.54) is 0 Å². The average Bonchev–Trinajstić information content (AvgIpc) is 2.50. The van der Waals surface area contributed by atoms with Crippen LogP contribution in [0.3, 0.4) is 0 Å². The molecule has 0 aromatic heterocycles. The molecule has 0 atom stereocenters. The summed E-state index contributed by atoms with van der Waals surface area (Å²) in [6.07, 6.45) is 3.60. The van der Waals surface area contributed by atoms with Gasteiger partial charge in [-0.15, -0.1) is 0 Å². The Morgan fingerprint density at radius 3 is 2.73 bits per heavy atom. The topological polar surface area (TPSA) is 38.8 Å². The van der Waals surface area contributed by atoms with Gasteiger partial charge in [0, 0.05) is 35.1 Å². The zero-order valence-corrected chi connectivity index (χ0v) is 14.9. The molecule has 1 fully saturated rings. The lowest BCUT2D eigenvalue weighted by atomic mass is 9.99. The summed E-state index contributed by atoms with van der Waals surface area (Å²) in [5, 5.41) is 0. The molecule has 1 aliphatic heterocycles. The lowest BCUT2D eigenvalue weighted by Crippen LogP contribution is -2.36. The third-order valence-electron chi connectivity index (χ3n) is 3.75. The Morgan fingerprint density at radius 2 is 2.09 bits per heavy atom. The van der Waals surface area contributed by atoms with E-state index in [0.717, 1.165) is 35.1 Å². The molecule has 22 heavy (non-hydrogen) atoms. The second-order valence-electron chi connectivity index (χ2n) is 5.35. The molecule has 0 aliphatic carbocycles. The van der Waals surface area contributed by atoms with Crippen molar-refractivity contribution >= 4 is 27.8 Å². The lowest BCUT2D eigenvalue weighted by molar-refractivity contribution is -0.117. The predicted octanol–water partition coefficient (Wildman–Crippen LogP) is 3.53. The van der Waals surface area contributed by atoms with Crippen LogP contribution in [0.5, 0.6) is 11.5 Å². The minimum absolute atomic E-state index is 0.216. The van der Waals surface area contributed by atoms with E-state index >= 15 is 0 Å². The quantitative estimate of drug-likeness (QED) is 0.746. The van der Waals surface area contributed by atoms with E-state index in [2.05, 4.69) is 27.8 Å². The number of likely N-dealkylation sites (tertiary alicyclic amines) is 1. The second kappa shape index (κ2) is 7.79. The van der Waals surface area contributed by atoms with Gasteiger partial charge in [-0.05, 0) is 31.2 Å². The number of hydrogen-bond acceptors (Lipinski definition) is 4. The van der Waals surface area contributed by atoms with E-state index in [1.54, 1.807) is 14.2 Å². The number of nitrogens with zero attached hydrogens (tertiary/aromatic N) is 1. The molecular formula is C17H22BrNO3. The van der Waals surface area contributed by atoms with E-state index in [9.17, 15) is 4.79 Å². The zero-order chi connectivity index (χ0) is 16.1.